The third-order valence-electron chi connectivity index (χ3n) is 5.42. The third kappa shape index (κ3) is 3.83. The minimum atomic E-state index is -0.460. The van der Waals surface area contributed by atoms with Crippen LogP contribution in [-0.2, 0) is 4.79 Å². The van der Waals surface area contributed by atoms with E-state index in [2.05, 4.69) is 10.6 Å². The average Bonchev–Trinajstić information content (AvgIpc) is 2.61. The van der Waals surface area contributed by atoms with E-state index in [9.17, 15) is 4.79 Å². The van der Waals surface area contributed by atoms with E-state index in [4.69, 9.17) is 10.5 Å². The van der Waals surface area contributed by atoms with Crippen LogP contribution in [0.15, 0.2) is 0 Å². The molecular formula is C19H31N3O2. The Kier molecular flexibility index (Phi) is 6.10. The summed E-state index contributed by atoms with van der Waals surface area (Å²) in [5.74, 6) is 1.27. The second kappa shape index (κ2) is 7.88. The molecule has 1 saturated heterocycles. The number of nitrogens with one attached hydrogen (secondary N) is 2. The van der Waals surface area contributed by atoms with Crippen molar-refractivity contribution in [3.63, 3.8) is 0 Å². The van der Waals surface area contributed by atoms with Crippen molar-refractivity contribution in [2.24, 2.45) is 5.92 Å². The molecule has 1 atom stereocenters. The number of anilines is 1. The first-order valence-corrected chi connectivity index (χ1v) is 8.81. The predicted molar refractivity (Wildman–Crippen MR) is 98.5 cm³/mol. The van der Waals surface area contributed by atoms with Gasteiger partial charge < -0.3 is 21.1 Å². The molecule has 1 aliphatic heterocycles. The van der Waals surface area contributed by atoms with Crippen LogP contribution < -0.4 is 21.1 Å². The number of piperidine rings is 1. The van der Waals surface area contributed by atoms with Crippen molar-refractivity contribution in [2.75, 3.05) is 25.9 Å². The Labute approximate surface area is 145 Å². The van der Waals surface area contributed by atoms with Gasteiger partial charge in [-0.25, -0.2) is 0 Å². The zero-order chi connectivity index (χ0) is 17.9. The smallest absolute Gasteiger partial charge is 0.260 e. The van der Waals surface area contributed by atoms with Gasteiger partial charge in [-0.15, -0.1) is 0 Å². The highest BCUT2D eigenvalue weighted by atomic mass is 16.5. The fourth-order valence-corrected chi connectivity index (χ4v) is 3.42. The zero-order valence-electron chi connectivity index (χ0n) is 15.6. The van der Waals surface area contributed by atoms with Crippen LogP contribution in [0.1, 0.15) is 41.5 Å². The highest BCUT2D eigenvalue weighted by molar-refractivity contribution is 5.81. The minimum absolute atomic E-state index is 0.0561. The van der Waals surface area contributed by atoms with Crippen molar-refractivity contribution >= 4 is 11.6 Å². The monoisotopic (exact) mass is 333 g/mol. The highest BCUT2D eigenvalue weighted by Crippen LogP contribution is 2.35. The molecule has 1 unspecified atom stereocenters. The number of hydrogen-bond donors (Lipinski definition) is 3. The first-order chi connectivity index (χ1) is 11.4. The quantitative estimate of drug-likeness (QED) is 0.723. The standard InChI is InChI=1S/C19H31N3O2/c1-11-13(3)18(14(4)12(2)17(11)20)24-16(19(23)21-5)10-15-6-8-22-9-7-15/h15-16,22H,6-10,20H2,1-5H3,(H,21,23). The topological polar surface area (TPSA) is 76.4 Å². The molecule has 0 aromatic heterocycles. The van der Waals surface area contributed by atoms with Crippen LogP contribution in [-0.4, -0.2) is 32.1 Å². The van der Waals surface area contributed by atoms with Gasteiger partial charge >= 0.3 is 0 Å². The second-order valence-electron chi connectivity index (χ2n) is 6.89. The zero-order valence-corrected chi connectivity index (χ0v) is 15.6. The summed E-state index contributed by atoms with van der Waals surface area (Å²) >= 11 is 0. The van der Waals surface area contributed by atoms with Gasteiger partial charge in [-0.2, -0.15) is 0 Å². The van der Waals surface area contributed by atoms with E-state index < -0.39 is 6.10 Å². The summed E-state index contributed by atoms with van der Waals surface area (Å²) in [7, 11) is 1.67. The second-order valence-corrected chi connectivity index (χ2v) is 6.89. The van der Waals surface area contributed by atoms with Crippen LogP contribution in [0.2, 0.25) is 0 Å². The Morgan fingerprint density at radius 3 is 2.21 bits per heavy atom. The van der Waals surface area contributed by atoms with Gasteiger partial charge in [-0.3, -0.25) is 4.79 Å². The molecule has 5 nitrogen and oxygen atoms in total. The number of hydrogen-bond acceptors (Lipinski definition) is 4. The van der Waals surface area contributed by atoms with Crippen LogP contribution in [0.5, 0.6) is 5.75 Å². The summed E-state index contributed by atoms with van der Waals surface area (Å²) in [6, 6.07) is 0. The van der Waals surface area contributed by atoms with Gasteiger partial charge in [-0.05, 0) is 88.2 Å². The number of nitrogen functional groups attached to an aromatic ring is 1. The summed E-state index contributed by atoms with van der Waals surface area (Å²) < 4.78 is 6.26. The summed E-state index contributed by atoms with van der Waals surface area (Å²) in [6.07, 6.45) is 2.48. The molecule has 1 aromatic rings. The van der Waals surface area contributed by atoms with Crippen LogP contribution in [0.25, 0.3) is 0 Å². The van der Waals surface area contributed by atoms with Crippen molar-refractivity contribution in [1.29, 1.82) is 0 Å². The van der Waals surface area contributed by atoms with Crippen LogP contribution >= 0.6 is 0 Å². The Hall–Kier alpha value is -1.75. The van der Waals surface area contributed by atoms with Crippen molar-refractivity contribution in [1.82, 2.24) is 10.6 Å². The number of nitrogens with two attached hydrogens (primary N) is 1. The molecule has 1 heterocycles. The fraction of sp³-hybridized carbons (Fsp3) is 0.632. The summed E-state index contributed by atoms with van der Waals surface area (Å²) in [4.78, 5) is 12.4. The maximum atomic E-state index is 12.4. The first-order valence-electron chi connectivity index (χ1n) is 8.81. The van der Waals surface area contributed by atoms with E-state index in [0.717, 1.165) is 66.0 Å². The average molecular weight is 333 g/mol. The molecule has 1 amide bonds. The van der Waals surface area contributed by atoms with E-state index in [0.29, 0.717) is 5.92 Å². The molecule has 5 heteroatoms. The number of amides is 1. The lowest BCUT2D eigenvalue weighted by molar-refractivity contribution is -0.128. The fourth-order valence-electron chi connectivity index (χ4n) is 3.42. The number of benzene rings is 1. The predicted octanol–water partition coefficient (Wildman–Crippen LogP) is 2.39. The normalized spacial score (nSPS) is 16.7. The van der Waals surface area contributed by atoms with Gasteiger partial charge in [0, 0.05) is 12.7 Å². The maximum absolute atomic E-state index is 12.4. The molecule has 0 spiro atoms. The highest BCUT2D eigenvalue weighted by Gasteiger charge is 2.27. The molecular weight excluding hydrogens is 302 g/mol. The molecule has 0 radical (unpaired) electrons. The van der Waals surface area contributed by atoms with Crippen molar-refractivity contribution < 1.29 is 9.53 Å². The molecule has 1 fully saturated rings. The summed E-state index contributed by atoms with van der Waals surface area (Å²) in [5, 5.41) is 6.12. The van der Waals surface area contributed by atoms with E-state index in [1.807, 2.05) is 27.7 Å². The molecule has 134 valence electrons. The van der Waals surface area contributed by atoms with E-state index >= 15 is 0 Å². The van der Waals surface area contributed by atoms with Gasteiger partial charge in [0.25, 0.3) is 5.91 Å². The Morgan fingerprint density at radius 1 is 1.17 bits per heavy atom. The van der Waals surface area contributed by atoms with Gasteiger partial charge in [0.1, 0.15) is 5.75 Å². The number of rotatable bonds is 5. The number of carbonyl (C=O) groups excluding carboxylic acids is 1. The van der Waals surface area contributed by atoms with Crippen LogP contribution in [0, 0.1) is 33.6 Å². The van der Waals surface area contributed by atoms with Gasteiger partial charge in [-0.1, -0.05) is 0 Å². The largest absolute Gasteiger partial charge is 0.480 e. The maximum Gasteiger partial charge on any atom is 0.260 e. The third-order valence-corrected chi connectivity index (χ3v) is 5.42. The molecule has 0 aliphatic carbocycles. The molecule has 1 aromatic carbocycles. The van der Waals surface area contributed by atoms with Gasteiger partial charge in [0.05, 0.1) is 0 Å². The van der Waals surface area contributed by atoms with E-state index in [-0.39, 0.29) is 5.91 Å². The Morgan fingerprint density at radius 2 is 1.71 bits per heavy atom. The number of ether oxygens (including phenoxy) is 1. The Balaban J connectivity index is 2.27. The Bertz CT molecular complexity index is 578. The molecule has 0 saturated carbocycles. The SMILES string of the molecule is CNC(=O)C(CC1CCNCC1)Oc1c(C)c(C)c(N)c(C)c1C. The van der Waals surface area contributed by atoms with Crippen molar-refractivity contribution in [2.45, 2.75) is 53.1 Å². The van der Waals surface area contributed by atoms with Gasteiger partial charge in [0.15, 0.2) is 6.10 Å². The molecule has 24 heavy (non-hydrogen) atoms. The lowest BCUT2D eigenvalue weighted by Gasteiger charge is -2.28. The van der Waals surface area contributed by atoms with Crippen LogP contribution in [0.3, 0.4) is 0 Å². The molecule has 4 N–H and O–H groups in total. The molecule has 1 aliphatic rings. The summed E-state index contributed by atoms with van der Waals surface area (Å²) in [5.41, 5.74) is 11.1. The van der Waals surface area contributed by atoms with Gasteiger partial charge in [0.2, 0.25) is 0 Å². The van der Waals surface area contributed by atoms with Crippen molar-refractivity contribution in [3.05, 3.63) is 22.3 Å². The summed E-state index contributed by atoms with van der Waals surface area (Å²) in [6.45, 7) is 10.1. The first kappa shape index (κ1) is 18.6. The molecule has 2 rings (SSSR count). The molecule has 0 bridgehead atoms. The lowest BCUT2D eigenvalue weighted by atomic mass is 9.91. The lowest BCUT2D eigenvalue weighted by Crippen LogP contribution is -2.40. The van der Waals surface area contributed by atoms with Crippen molar-refractivity contribution in [3.8, 4) is 5.75 Å². The number of likely N-dealkylation sites (N-methyl/N-ethyl adjacent to an activating group) is 1. The van der Waals surface area contributed by atoms with E-state index in [1.54, 1.807) is 7.05 Å². The van der Waals surface area contributed by atoms with Crippen LogP contribution in [0.4, 0.5) is 5.69 Å². The minimum Gasteiger partial charge on any atom is -0.480 e. The number of carbonyl (C=O) groups is 1. The van der Waals surface area contributed by atoms with E-state index in [1.165, 1.54) is 0 Å².